The Morgan fingerprint density at radius 1 is 0.758 bits per heavy atom. The maximum absolute atomic E-state index is 12.7. The third-order valence-electron chi connectivity index (χ3n) is 3.71. The fourth-order valence-electron chi connectivity index (χ4n) is 2.03. The number of carboxylic acids is 1. The molecule has 0 saturated carbocycles. The summed E-state index contributed by atoms with van der Waals surface area (Å²) in [6, 6.07) is -2.58. The van der Waals surface area contributed by atoms with Crippen LogP contribution in [0.5, 0.6) is 0 Å². The van der Waals surface area contributed by atoms with Crippen LogP contribution in [0.25, 0.3) is 0 Å². The fourth-order valence-corrected chi connectivity index (χ4v) is 2.03. The number of nitrogens with two attached hydrogens (primary N) is 1. The summed E-state index contributed by atoms with van der Waals surface area (Å²) >= 11 is 0. The van der Waals surface area contributed by atoms with Crippen LogP contribution < -0.4 is 27.0 Å². The Hall–Kier alpha value is -2.77. The van der Waals surface area contributed by atoms with Crippen molar-refractivity contribution in [2.75, 3.05) is 32.8 Å². The molecule has 7 N–H and O–H groups in total. The van der Waals surface area contributed by atoms with Gasteiger partial charge in [0.25, 0.3) is 0 Å². The molecule has 0 aliphatic carbocycles. The van der Waals surface area contributed by atoms with Crippen molar-refractivity contribution in [1.29, 1.82) is 0 Å². The second kappa shape index (κ2) is 13.7. The molecule has 13 nitrogen and oxygen atoms in total. The van der Waals surface area contributed by atoms with Crippen LogP contribution in [0.4, 0.5) is 0 Å². The largest absolute Gasteiger partial charge is 0.480 e. The molecule has 0 spiro atoms. The molecule has 190 valence electrons. The van der Waals surface area contributed by atoms with Gasteiger partial charge in [0.2, 0.25) is 23.6 Å². The smallest absolute Gasteiger partial charge is 0.328 e. The number of carbonyl (C=O) groups excluding carboxylic acids is 4. The predicted molar refractivity (Wildman–Crippen MR) is 118 cm³/mol. The van der Waals surface area contributed by atoms with Crippen molar-refractivity contribution in [2.24, 2.45) is 5.73 Å². The van der Waals surface area contributed by atoms with Crippen LogP contribution in [0.2, 0.25) is 0 Å². The van der Waals surface area contributed by atoms with Gasteiger partial charge in [0, 0.05) is 0 Å². The molecule has 0 bridgehead atoms. The lowest BCUT2D eigenvalue weighted by atomic mass is 10.1. The van der Waals surface area contributed by atoms with E-state index in [2.05, 4.69) is 21.3 Å². The highest BCUT2D eigenvalue weighted by molar-refractivity contribution is 5.92. The van der Waals surface area contributed by atoms with E-state index < -0.39 is 59.4 Å². The number of hydrogen-bond donors (Lipinski definition) is 6. The summed E-state index contributed by atoms with van der Waals surface area (Å²) in [7, 11) is 0. The fraction of sp³-hybridized carbons (Fsp3) is 0.750. The SMILES string of the molecule is CC(C)(C)OC[C@H](NC(=O)[C@H](COC(C)(C)C)NC(=O)CNC(=O)CNC(=O)CN)C(=O)O. The zero-order valence-electron chi connectivity index (χ0n) is 20.1. The molecule has 13 heteroatoms. The molecule has 0 fully saturated rings. The van der Waals surface area contributed by atoms with E-state index in [9.17, 15) is 29.1 Å². The minimum atomic E-state index is -1.35. The number of hydrogen-bond acceptors (Lipinski definition) is 8. The van der Waals surface area contributed by atoms with Gasteiger partial charge in [-0.3, -0.25) is 19.2 Å². The van der Waals surface area contributed by atoms with Crippen LogP contribution in [0, 0.1) is 0 Å². The molecule has 0 aliphatic heterocycles. The molecule has 0 aromatic carbocycles. The zero-order valence-corrected chi connectivity index (χ0v) is 20.1. The molecule has 4 amide bonds. The van der Waals surface area contributed by atoms with E-state index >= 15 is 0 Å². The molecule has 0 heterocycles. The number of rotatable bonds is 13. The van der Waals surface area contributed by atoms with Gasteiger partial charge in [-0.15, -0.1) is 0 Å². The van der Waals surface area contributed by atoms with Crippen molar-refractivity contribution in [3.8, 4) is 0 Å². The van der Waals surface area contributed by atoms with E-state index in [0.717, 1.165) is 0 Å². The maximum atomic E-state index is 12.7. The second-order valence-electron chi connectivity index (χ2n) is 9.12. The third-order valence-corrected chi connectivity index (χ3v) is 3.71. The number of aliphatic carboxylic acids is 1. The lowest BCUT2D eigenvalue weighted by molar-refractivity contribution is -0.146. The van der Waals surface area contributed by atoms with Crippen LogP contribution >= 0.6 is 0 Å². The maximum Gasteiger partial charge on any atom is 0.328 e. The van der Waals surface area contributed by atoms with Crippen LogP contribution in [-0.4, -0.2) is 90.8 Å². The number of nitrogens with one attached hydrogen (secondary N) is 4. The van der Waals surface area contributed by atoms with Gasteiger partial charge < -0.3 is 41.6 Å². The van der Waals surface area contributed by atoms with Gasteiger partial charge in [0.15, 0.2) is 6.04 Å². The summed E-state index contributed by atoms with van der Waals surface area (Å²) in [6.07, 6.45) is 0. The summed E-state index contributed by atoms with van der Waals surface area (Å²) in [5.41, 5.74) is 3.85. The molecule has 0 aromatic heterocycles. The highest BCUT2D eigenvalue weighted by Gasteiger charge is 2.29. The lowest BCUT2D eigenvalue weighted by Crippen LogP contribution is -2.56. The molecule has 0 unspecified atom stereocenters. The van der Waals surface area contributed by atoms with Crippen LogP contribution in [0.15, 0.2) is 0 Å². The molecule has 0 rings (SSSR count). The minimum absolute atomic E-state index is 0.242. The molecule has 0 aliphatic rings. The van der Waals surface area contributed by atoms with E-state index in [1.807, 2.05) is 0 Å². The number of ether oxygens (including phenoxy) is 2. The highest BCUT2D eigenvalue weighted by Crippen LogP contribution is 2.09. The predicted octanol–water partition coefficient (Wildman–Crippen LogP) is -2.14. The Morgan fingerprint density at radius 2 is 1.21 bits per heavy atom. The third kappa shape index (κ3) is 15.6. The molecule has 33 heavy (non-hydrogen) atoms. The van der Waals surface area contributed by atoms with Crippen molar-refractivity contribution in [3.05, 3.63) is 0 Å². The van der Waals surface area contributed by atoms with Gasteiger partial charge in [-0.25, -0.2) is 4.79 Å². The monoisotopic (exact) mass is 475 g/mol. The first-order valence-electron chi connectivity index (χ1n) is 10.4. The van der Waals surface area contributed by atoms with Gasteiger partial charge in [-0.2, -0.15) is 0 Å². The summed E-state index contributed by atoms with van der Waals surface area (Å²) in [5.74, 6) is -3.98. The topological polar surface area (TPSA) is 198 Å². The molecule has 2 atom stereocenters. The van der Waals surface area contributed by atoms with Crippen LogP contribution in [0.1, 0.15) is 41.5 Å². The van der Waals surface area contributed by atoms with Gasteiger partial charge in [0.05, 0.1) is 44.1 Å². The van der Waals surface area contributed by atoms with Crippen molar-refractivity contribution in [2.45, 2.75) is 64.8 Å². The first-order chi connectivity index (χ1) is 15.0. The van der Waals surface area contributed by atoms with E-state index in [4.69, 9.17) is 15.2 Å². The first-order valence-corrected chi connectivity index (χ1v) is 10.4. The molecule has 0 saturated heterocycles. The van der Waals surface area contributed by atoms with E-state index in [-0.39, 0.29) is 26.3 Å². The van der Waals surface area contributed by atoms with Gasteiger partial charge in [0.1, 0.15) is 6.04 Å². The highest BCUT2D eigenvalue weighted by atomic mass is 16.5. The molecular weight excluding hydrogens is 438 g/mol. The average Bonchev–Trinajstić information content (AvgIpc) is 2.68. The molecule has 0 radical (unpaired) electrons. The average molecular weight is 476 g/mol. The zero-order chi connectivity index (χ0) is 25.8. The molecule has 0 aromatic rings. The number of carbonyl (C=O) groups is 5. The van der Waals surface area contributed by atoms with Crippen LogP contribution in [-0.2, 0) is 33.4 Å². The van der Waals surface area contributed by atoms with E-state index in [0.29, 0.717) is 0 Å². The van der Waals surface area contributed by atoms with Crippen molar-refractivity contribution < 1.29 is 38.6 Å². The summed E-state index contributed by atoms with van der Waals surface area (Å²) in [6.45, 7) is 8.81. The van der Waals surface area contributed by atoms with Gasteiger partial charge in [-0.1, -0.05) is 0 Å². The Bertz CT molecular complexity index is 700. The number of carboxylic acid groups (broad SMARTS) is 1. The Balaban J connectivity index is 5.05. The van der Waals surface area contributed by atoms with E-state index in [1.165, 1.54) is 0 Å². The van der Waals surface area contributed by atoms with Gasteiger partial charge >= 0.3 is 5.97 Å². The van der Waals surface area contributed by atoms with Crippen molar-refractivity contribution >= 4 is 29.6 Å². The summed E-state index contributed by atoms with van der Waals surface area (Å²) < 4.78 is 11.0. The first kappa shape index (κ1) is 30.2. The minimum Gasteiger partial charge on any atom is -0.480 e. The quantitative estimate of drug-likeness (QED) is 0.172. The second-order valence-corrected chi connectivity index (χ2v) is 9.12. The lowest BCUT2D eigenvalue weighted by Gasteiger charge is -2.27. The summed E-state index contributed by atoms with van der Waals surface area (Å²) in [4.78, 5) is 59.2. The van der Waals surface area contributed by atoms with E-state index in [1.54, 1.807) is 41.5 Å². The molecular formula is C20H37N5O8. The van der Waals surface area contributed by atoms with Crippen LogP contribution in [0.3, 0.4) is 0 Å². The normalized spacial score (nSPS) is 13.4. The number of amides is 4. The standard InChI is InChI=1S/C20H37N5O8/c1-19(2,3)32-10-12(17(29)25-13(18(30)31)11-33-20(4,5)6)24-16(28)9-23-15(27)8-22-14(26)7-21/h12-13H,7-11,21H2,1-6H3,(H,22,26)(H,23,27)(H,24,28)(H,25,29)(H,30,31)/t12-,13-/m0/s1. The summed E-state index contributed by atoms with van der Waals surface area (Å²) in [5, 5.41) is 18.7. The van der Waals surface area contributed by atoms with Crippen molar-refractivity contribution in [3.63, 3.8) is 0 Å². The Morgan fingerprint density at radius 3 is 1.67 bits per heavy atom. The van der Waals surface area contributed by atoms with Crippen molar-refractivity contribution in [1.82, 2.24) is 21.3 Å². The Labute approximate surface area is 193 Å². The Kier molecular flexibility index (Phi) is 12.6. The van der Waals surface area contributed by atoms with Gasteiger partial charge in [-0.05, 0) is 41.5 Å².